The van der Waals surface area contributed by atoms with Crippen molar-refractivity contribution in [3.8, 4) is 5.75 Å². The number of halogens is 2. The zero-order valence-corrected chi connectivity index (χ0v) is 10.6. The van der Waals surface area contributed by atoms with Crippen LogP contribution in [-0.2, 0) is 20.2 Å². The summed E-state index contributed by atoms with van der Waals surface area (Å²) in [5.74, 6) is 0.765. The van der Waals surface area contributed by atoms with Crippen LogP contribution in [0.15, 0.2) is 24.4 Å². The van der Waals surface area contributed by atoms with E-state index < -0.39 is 5.82 Å². The molecule has 6 heteroatoms. The van der Waals surface area contributed by atoms with Crippen molar-refractivity contribution < 1.29 is 9.13 Å². The summed E-state index contributed by atoms with van der Waals surface area (Å²) in [5, 5.41) is 0.239. The first-order valence-electron chi connectivity index (χ1n) is 5.39. The number of hydrogen-bond donors (Lipinski definition) is 1. The van der Waals surface area contributed by atoms with Crippen molar-refractivity contribution in [3.63, 3.8) is 0 Å². The molecule has 2 rings (SSSR count). The molecule has 0 aliphatic rings. The fourth-order valence-corrected chi connectivity index (χ4v) is 1.76. The number of nitrogens with two attached hydrogens (primary N) is 1. The largest absolute Gasteiger partial charge is 0.484 e. The molecule has 1 aromatic heterocycles. The lowest BCUT2D eigenvalue weighted by molar-refractivity contribution is 0.291. The molecule has 0 bridgehead atoms. The molecule has 0 spiro atoms. The Morgan fingerprint density at radius 3 is 2.89 bits per heavy atom. The second kappa shape index (κ2) is 5.37. The Bertz CT molecular complexity index is 556. The summed E-state index contributed by atoms with van der Waals surface area (Å²) in [5.41, 5.74) is 6.29. The van der Waals surface area contributed by atoms with Crippen LogP contribution in [0, 0.1) is 5.82 Å². The summed E-state index contributed by atoms with van der Waals surface area (Å²) in [6.45, 7) is 0.632. The lowest BCUT2D eigenvalue weighted by atomic mass is 10.3. The van der Waals surface area contributed by atoms with Crippen LogP contribution in [-0.4, -0.2) is 9.55 Å². The molecule has 0 atom stereocenters. The highest BCUT2D eigenvalue weighted by molar-refractivity contribution is 6.32. The van der Waals surface area contributed by atoms with E-state index in [1.54, 1.807) is 0 Å². The molecule has 0 amide bonds. The van der Waals surface area contributed by atoms with E-state index in [1.165, 1.54) is 18.2 Å². The zero-order valence-electron chi connectivity index (χ0n) is 9.86. The second-order valence-corrected chi connectivity index (χ2v) is 4.23. The van der Waals surface area contributed by atoms with Crippen LogP contribution >= 0.6 is 11.6 Å². The minimum absolute atomic E-state index is 0.239. The Balaban J connectivity index is 2.08. The average Bonchev–Trinajstić information content (AvgIpc) is 2.69. The van der Waals surface area contributed by atoms with Gasteiger partial charge in [-0.1, -0.05) is 11.6 Å². The molecular weight excluding hydrogens is 257 g/mol. The highest BCUT2D eigenvalue weighted by Crippen LogP contribution is 2.25. The van der Waals surface area contributed by atoms with Gasteiger partial charge in [0.05, 0.1) is 10.7 Å². The molecule has 0 saturated heterocycles. The minimum atomic E-state index is -0.394. The maximum atomic E-state index is 12.9. The van der Waals surface area contributed by atoms with Crippen molar-refractivity contribution >= 4 is 11.6 Å². The molecule has 0 radical (unpaired) electrons. The number of aromatic nitrogens is 2. The average molecular weight is 270 g/mol. The normalized spacial score (nSPS) is 10.7. The van der Waals surface area contributed by atoms with Gasteiger partial charge >= 0.3 is 0 Å². The maximum Gasteiger partial charge on any atom is 0.146 e. The smallest absolute Gasteiger partial charge is 0.146 e. The molecule has 0 fully saturated rings. The third-order valence-electron chi connectivity index (χ3n) is 2.48. The van der Waals surface area contributed by atoms with Crippen molar-refractivity contribution in [1.29, 1.82) is 0 Å². The van der Waals surface area contributed by atoms with Gasteiger partial charge in [-0.2, -0.15) is 0 Å². The quantitative estimate of drug-likeness (QED) is 0.926. The van der Waals surface area contributed by atoms with Crippen molar-refractivity contribution in [2.45, 2.75) is 13.2 Å². The van der Waals surface area contributed by atoms with E-state index in [0.29, 0.717) is 12.3 Å². The monoisotopic (exact) mass is 269 g/mol. The van der Waals surface area contributed by atoms with Crippen LogP contribution in [0.2, 0.25) is 5.02 Å². The van der Waals surface area contributed by atoms with Crippen LogP contribution < -0.4 is 10.5 Å². The van der Waals surface area contributed by atoms with Crippen LogP contribution in [0.4, 0.5) is 4.39 Å². The molecule has 18 heavy (non-hydrogen) atoms. The van der Waals surface area contributed by atoms with E-state index in [0.717, 1.165) is 11.5 Å². The fourth-order valence-electron chi connectivity index (χ4n) is 1.54. The van der Waals surface area contributed by atoms with E-state index in [4.69, 9.17) is 22.1 Å². The van der Waals surface area contributed by atoms with Crippen LogP contribution in [0.5, 0.6) is 5.75 Å². The van der Waals surface area contributed by atoms with Crippen molar-refractivity contribution in [2.75, 3.05) is 0 Å². The van der Waals surface area contributed by atoms with Gasteiger partial charge in [0.2, 0.25) is 0 Å². The Morgan fingerprint density at radius 2 is 2.28 bits per heavy atom. The maximum absolute atomic E-state index is 12.9. The summed E-state index contributed by atoms with van der Waals surface area (Å²) in [6.07, 6.45) is 1.84. The Labute approximate surface area is 109 Å². The molecule has 1 heterocycles. The number of imidazole rings is 1. The molecule has 0 aliphatic carbocycles. The van der Waals surface area contributed by atoms with Crippen molar-refractivity contribution in [3.05, 3.63) is 46.8 Å². The van der Waals surface area contributed by atoms with Gasteiger partial charge in [-0.3, -0.25) is 0 Å². The molecule has 96 valence electrons. The summed E-state index contributed by atoms with van der Waals surface area (Å²) >= 11 is 5.86. The molecule has 0 saturated carbocycles. The summed E-state index contributed by atoms with van der Waals surface area (Å²) in [6, 6.07) is 4.00. The van der Waals surface area contributed by atoms with Crippen molar-refractivity contribution in [1.82, 2.24) is 9.55 Å². The zero-order chi connectivity index (χ0) is 13.1. The van der Waals surface area contributed by atoms with Crippen LogP contribution in [0.3, 0.4) is 0 Å². The number of aryl methyl sites for hydroxylation is 1. The molecule has 2 N–H and O–H groups in total. The number of benzene rings is 1. The first-order chi connectivity index (χ1) is 8.60. The number of nitrogens with zero attached hydrogens (tertiary/aromatic N) is 2. The fraction of sp³-hybridized carbons (Fsp3) is 0.250. The minimum Gasteiger partial charge on any atom is -0.484 e. The molecule has 0 unspecified atom stereocenters. The summed E-state index contributed by atoms with van der Waals surface area (Å²) in [4.78, 5) is 4.29. The van der Waals surface area contributed by atoms with E-state index in [2.05, 4.69) is 4.98 Å². The van der Waals surface area contributed by atoms with Crippen LogP contribution in [0.1, 0.15) is 11.5 Å². The van der Waals surface area contributed by atoms with Crippen LogP contribution in [0.25, 0.3) is 0 Å². The topological polar surface area (TPSA) is 53.1 Å². The molecular formula is C12H13ClFN3O. The second-order valence-electron chi connectivity index (χ2n) is 3.83. The van der Waals surface area contributed by atoms with Gasteiger partial charge in [0, 0.05) is 19.8 Å². The van der Waals surface area contributed by atoms with Crippen molar-refractivity contribution in [2.24, 2.45) is 12.8 Å². The first-order valence-corrected chi connectivity index (χ1v) is 5.77. The Morgan fingerprint density at radius 1 is 1.50 bits per heavy atom. The molecule has 2 aromatic rings. The summed E-state index contributed by atoms with van der Waals surface area (Å²) < 4.78 is 20.2. The molecule has 4 nitrogen and oxygen atoms in total. The van der Waals surface area contributed by atoms with E-state index >= 15 is 0 Å². The lowest BCUT2D eigenvalue weighted by Gasteiger charge is -2.07. The van der Waals surface area contributed by atoms with Gasteiger partial charge < -0.3 is 15.0 Å². The predicted octanol–water partition coefficient (Wildman–Crippen LogP) is 2.25. The highest BCUT2D eigenvalue weighted by Gasteiger charge is 2.07. The number of hydrogen-bond acceptors (Lipinski definition) is 3. The Kier molecular flexibility index (Phi) is 3.84. The lowest BCUT2D eigenvalue weighted by Crippen LogP contribution is -2.03. The number of rotatable bonds is 4. The third kappa shape index (κ3) is 2.80. The van der Waals surface area contributed by atoms with E-state index in [9.17, 15) is 4.39 Å². The van der Waals surface area contributed by atoms with Gasteiger partial charge in [0.1, 0.15) is 24.0 Å². The standard InChI is InChI=1S/C12H13ClFN3O/c1-17-6-9(5-15)16-12(17)7-18-11-3-2-8(14)4-10(11)13/h2-4,6H,5,7,15H2,1H3. The van der Waals surface area contributed by atoms with E-state index in [1.807, 2.05) is 17.8 Å². The van der Waals surface area contributed by atoms with Gasteiger partial charge in [-0.05, 0) is 18.2 Å². The molecule has 0 aliphatic heterocycles. The highest BCUT2D eigenvalue weighted by atomic mass is 35.5. The van der Waals surface area contributed by atoms with Gasteiger partial charge in [0.25, 0.3) is 0 Å². The van der Waals surface area contributed by atoms with Gasteiger partial charge in [0.15, 0.2) is 0 Å². The predicted molar refractivity (Wildman–Crippen MR) is 66.8 cm³/mol. The number of ether oxygens (including phenoxy) is 1. The third-order valence-corrected chi connectivity index (χ3v) is 2.78. The van der Waals surface area contributed by atoms with Gasteiger partial charge in [-0.25, -0.2) is 9.37 Å². The molecule has 1 aromatic carbocycles. The summed E-state index contributed by atoms with van der Waals surface area (Å²) in [7, 11) is 1.86. The van der Waals surface area contributed by atoms with Gasteiger partial charge in [-0.15, -0.1) is 0 Å². The Hall–Kier alpha value is -1.59. The first kappa shape index (κ1) is 12.9. The van der Waals surface area contributed by atoms with E-state index in [-0.39, 0.29) is 11.6 Å². The SMILES string of the molecule is Cn1cc(CN)nc1COc1ccc(F)cc1Cl.